The van der Waals surface area contributed by atoms with Crippen LogP contribution in [0.25, 0.3) is 0 Å². The second-order valence-electron chi connectivity index (χ2n) is 38.4. The van der Waals surface area contributed by atoms with Crippen LogP contribution in [0, 0.1) is 0 Å². The molecule has 0 heterocycles. The number of carboxylic acid groups (broad SMARTS) is 5. The van der Waals surface area contributed by atoms with Crippen LogP contribution in [-0.2, 0) is 71.9 Å². The van der Waals surface area contributed by atoms with Gasteiger partial charge in [0.1, 0.15) is 0 Å². The van der Waals surface area contributed by atoms with Crippen LogP contribution in [0.15, 0.2) is 0 Å². The Bertz CT molecular complexity index is 3080. The standard InChI is InChI=1S/C30H59N3O4.C26H51N3O4.C22H43N3O4.C18H35N3O4.C14H27N3O4/c1-5-9-13-17-21-32(22-18-14-10-6-2)28(34)25-31(27-30(36)37)26-29(35)33(23-19-15-11-7-3)24-20-16-12-8-4;1-5-9-13-17-28(18-14-10-6-2)24(30)21-27(23-26(32)33)22-25(31)29(19-15-11-7-3)20-16-12-8-4;1-5-9-13-24(14-10-6-2)20(26)17-23(19-22(28)29)18-21(27)25(15-11-7-3)16-12-8-4;1-5-9-20(10-6-2)16(22)13-19(15-18(24)25)14-17(23)21(11-7-3)12-8-4;1-5-16(6-2)12(18)9-15(11-14(20)21)10-13(19)17(7-3)8-4/h5-27H2,1-4H3,(H,36,37);5-23H2,1-4H3,(H,32,33);5-19H2,1-4H3,(H,28,29);5-15H2,1-4H3,(H,24,25);5-11H2,1-4H3,(H,20,21). The third-order valence-electron chi connectivity index (χ3n) is 24.8. The number of rotatable bonds is 90. The highest BCUT2D eigenvalue weighted by atomic mass is 16.4. The molecule has 0 saturated carbocycles. The van der Waals surface area contributed by atoms with Crippen molar-refractivity contribution in [1.29, 1.82) is 0 Å². The molecule has 10 amide bonds. The van der Waals surface area contributed by atoms with Crippen molar-refractivity contribution in [2.24, 2.45) is 0 Å². The molecule has 5 N–H and O–H groups in total. The summed E-state index contributed by atoms with van der Waals surface area (Å²) in [6.07, 6.45) is 41.0. The summed E-state index contributed by atoms with van der Waals surface area (Å²) in [7, 11) is 0. The highest BCUT2D eigenvalue weighted by molar-refractivity contribution is 5.87. The molecule has 0 rings (SSSR count). The van der Waals surface area contributed by atoms with Gasteiger partial charge >= 0.3 is 29.8 Å². The highest BCUT2D eigenvalue weighted by Gasteiger charge is 2.30. The molecule has 0 aliphatic rings. The predicted molar refractivity (Wildman–Crippen MR) is 584 cm³/mol. The van der Waals surface area contributed by atoms with Crippen LogP contribution >= 0.6 is 0 Å². The maximum atomic E-state index is 13.3. The van der Waals surface area contributed by atoms with Crippen LogP contribution < -0.4 is 0 Å². The third kappa shape index (κ3) is 82.4. The van der Waals surface area contributed by atoms with Crippen molar-refractivity contribution in [1.82, 2.24) is 73.5 Å². The molecule has 0 radical (unpaired) electrons. The van der Waals surface area contributed by atoms with Crippen LogP contribution in [0.4, 0.5) is 0 Å². The van der Waals surface area contributed by atoms with Gasteiger partial charge in [-0.3, -0.25) is 96.4 Å². The molecule has 0 bridgehead atoms. The summed E-state index contributed by atoms with van der Waals surface area (Å²) in [4.78, 5) is 209. The van der Waals surface area contributed by atoms with Gasteiger partial charge in [-0.05, 0) is 130 Å². The lowest BCUT2D eigenvalue weighted by atomic mass is 10.1. The van der Waals surface area contributed by atoms with Crippen LogP contribution in [0.1, 0.15) is 395 Å². The zero-order chi connectivity index (χ0) is 110. The Balaban J connectivity index is -0.000000570. The topological polar surface area (TPSA) is 406 Å². The Kier molecular flexibility index (Phi) is 101. The van der Waals surface area contributed by atoms with Crippen LogP contribution in [0.2, 0.25) is 0 Å². The lowest BCUT2D eigenvalue weighted by Crippen LogP contribution is -2.47. The summed E-state index contributed by atoms with van der Waals surface area (Å²) in [6, 6.07) is 0. The normalized spacial score (nSPS) is 10.9. The summed E-state index contributed by atoms with van der Waals surface area (Å²) in [6.45, 7) is 52.5. The SMILES string of the molecule is CCCCCCN(CCCCCC)C(=O)CN(CC(=O)O)CC(=O)N(CCCCCC)CCCCCC.CCCCCN(CCCCC)C(=O)CN(CC(=O)O)CC(=O)N(CCCCC)CCCCC.CCCCN(CCCC)C(=O)CN(CC(=O)O)CC(=O)N(CCCC)CCCC.CCCN(CCC)C(=O)CN(CC(=O)O)CC(=O)N(CCC)CCC.CCN(CC)C(=O)CN(CC(=O)O)CC(=O)N(CC)CC. The fourth-order valence-corrected chi connectivity index (χ4v) is 16.4. The molecule has 145 heavy (non-hydrogen) atoms. The molecule has 0 unspecified atom stereocenters. The summed E-state index contributed by atoms with van der Waals surface area (Å²) in [5.41, 5.74) is 0. The molecule has 0 aromatic rings. The van der Waals surface area contributed by atoms with Crippen molar-refractivity contribution in [2.75, 3.05) is 229 Å². The quantitative estimate of drug-likeness (QED) is 0.0353. The van der Waals surface area contributed by atoms with Crippen molar-refractivity contribution in [3.05, 3.63) is 0 Å². The van der Waals surface area contributed by atoms with E-state index < -0.39 is 29.8 Å². The fourth-order valence-electron chi connectivity index (χ4n) is 16.4. The van der Waals surface area contributed by atoms with E-state index in [9.17, 15) is 87.2 Å². The zero-order valence-corrected chi connectivity index (χ0v) is 95.6. The second-order valence-corrected chi connectivity index (χ2v) is 38.4. The smallest absolute Gasteiger partial charge is 0.317 e. The molecule has 850 valence electrons. The van der Waals surface area contributed by atoms with E-state index in [0.717, 1.165) is 257 Å². The number of carboxylic acids is 5. The van der Waals surface area contributed by atoms with Gasteiger partial charge in [-0.15, -0.1) is 0 Å². The summed E-state index contributed by atoms with van der Waals surface area (Å²) in [5.74, 6) is -6.09. The van der Waals surface area contributed by atoms with E-state index >= 15 is 0 Å². The van der Waals surface area contributed by atoms with Gasteiger partial charge in [0, 0.05) is 131 Å². The molecular weight excluding hydrogens is 1850 g/mol. The number of hydrogen-bond donors (Lipinski definition) is 5. The zero-order valence-electron chi connectivity index (χ0n) is 95.6. The molecule has 0 spiro atoms. The Morgan fingerprint density at radius 3 is 0.352 bits per heavy atom. The molecule has 0 aliphatic carbocycles. The lowest BCUT2D eigenvalue weighted by molar-refractivity contribution is -0.144. The van der Waals surface area contributed by atoms with Gasteiger partial charge in [-0.2, -0.15) is 0 Å². The fraction of sp³-hybridized carbons (Fsp3) is 0.864. The maximum Gasteiger partial charge on any atom is 0.317 e. The number of likely N-dealkylation sites (N-methyl/N-ethyl adjacent to an activating group) is 2. The minimum absolute atomic E-state index is 0.0148. The number of nitrogens with zero attached hydrogens (tertiary/aromatic N) is 15. The molecule has 35 heteroatoms. The van der Waals surface area contributed by atoms with Crippen LogP contribution in [-0.4, -0.2) is 417 Å². The average Bonchev–Trinajstić information content (AvgIpc) is 0.876. The first-order chi connectivity index (χ1) is 69.4. The number of aliphatic carboxylic acids is 5. The first-order valence-electron chi connectivity index (χ1n) is 56.9. The minimum Gasteiger partial charge on any atom is -0.480 e. The molecule has 0 fully saturated rings. The molecular formula is C110H215N15O20. The first-order valence-corrected chi connectivity index (χ1v) is 56.9. The van der Waals surface area contributed by atoms with Crippen molar-refractivity contribution in [3.63, 3.8) is 0 Å². The van der Waals surface area contributed by atoms with Gasteiger partial charge in [0.25, 0.3) is 0 Å². The lowest BCUT2D eigenvalue weighted by Gasteiger charge is -2.29. The summed E-state index contributed by atoms with van der Waals surface area (Å²) >= 11 is 0. The Morgan fingerprint density at radius 1 is 0.124 bits per heavy atom. The number of amides is 10. The molecule has 0 atom stereocenters. The molecule has 35 nitrogen and oxygen atoms in total. The van der Waals surface area contributed by atoms with E-state index in [1.807, 2.05) is 84.8 Å². The molecule has 0 aliphatic heterocycles. The number of carbonyl (C=O) groups is 15. The predicted octanol–water partition coefficient (Wildman–Crippen LogP) is 16.2. The molecule has 0 saturated heterocycles. The van der Waals surface area contributed by atoms with Gasteiger partial charge < -0.3 is 74.5 Å². The van der Waals surface area contributed by atoms with Crippen LogP contribution in [0.5, 0.6) is 0 Å². The van der Waals surface area contributed by atoms with E-state index in [1.165, 1.54) is 24.5 Å². The van der Waals surface area contributed by atoms with Crippen molar-refractivity contribution < 1.29 is 97.5 Å². The van der Waals surface area contributed by atoms with E-state index in [2.05, 4.69) is 83.1 Å². The maximum absolute atomic E-state index is 13.3. The Morgan fingerprint density at radius 2 is 0.234 bits per heavy atom. The first kappa shape index (κ1) is 145. The average molecular weight is 2070 g/mol. The summed E-state index contributed by atoms with van der Waals surface area (Å²) in [5, 5.41) is 46.2. The van der Waals surface area contributed by atoms with Gasteiger partial charge in [0.05, 0.1) is 98.2 Å². The van der Waals surface area contributed by atoms with E-state index in [1.54, 1.807) is 19.6 Å². The van der Waals surface area contributed by atoms with Crippen molar-refractivity contribution >= 4 is 88.9 Å². The van der Waals surface area contributed by atoms with E-state index in [-0.39, 0.29) is 157 Å². The van der Waals surface area contributed by atoms with Crippen LogP contribution in [0.3, 0.4) is 0 Å². The Hall–Kier alpha value is -8.15. The molecule has 0 aromatic carbocycles. The third-order valence-corrected chi connectivity index (χ3v) is 24.8. The van der Waals surface area contributed by atoms with E-state index in [4.69, 9.17) is 10.2 Å². The number of unbranched alkanes of at least 4 members (excludes halogenated alkanes) is 24. The van der Waals surface area contributed by atoms with Crippen molar-refractivity contribution in [2.45, 2.75) is 395 Å². The van der Waals surface area contributed by atoms with Gasteiger partial charge in [0.15, 0.2) is 0 Å². The van der Waals surface area contributed by atoms with Gasteiger partial charge in [0.2, 0.25) is 59.1 Å². The van der Waals surface area contributed by atoms with E-state index in [0.29, 0.717) is 131 Å². The Labute approximate surface area is 879 Å². The largest absolute Gasteiger partial charge is 0.480 e. The van der Waals surface area contributed by atoms with Gasteiger partial charge in [-0.1, -0.05) is 265 Å². The number of carbonyl (C=O) groups excluding carboxylic acids is 10. The minimum atomic E-state index is -1.05. The second kappa shape index (κ2) is 100. The summed E-state index contributed by atoms with van der Waals surface area (Å²) < 4.78 is 0. The van der Waals surface area contributed by atoms with Crippen molar-refractivity contribution in [3.8, 4) is 0 Å². The monoisotopic (exact) mass is 2070 g/mol. The van der Waals surface area contributed by atoms with Gasteiger partial charge in [-0.25, -0.2) is 0 Å². The molecule has 0 aromatic heterocycles. The number of hydrogen-bond acceptors (Lipinski definition) is 20. The highest BCUT2D eigenvalue weighted by Crippen LogP contribution is 2.16.